The summed E-state index contributed by atoms with van der Waals surface area (Å²) in [7, 11) is 0. The molecule has 1 heterocycles. The average molecular weight is 219 g/mol. The number of aromatic nitrogens is 1. The zero-order valence-electron chi connectivity index (χ0n) is 8.75. The summed E-state index contributed by atoms with van der Waals surface area (Å²) in [5.41, 5.74) is 0.196. The summed E-state index contributed by atoms with van der Waals surface area (Å²) in [4.78, 5) is 25.9. The van der Waals surface area contributed by atoms with Crippen LogP contribution in [-0.2, 0) is 9.59 Å². The van der Waals surface area contributed by atoms with Crippen LogP contribution in [0.25, 0.3) is 6.08 Å². The molecule has 1 amide bonds. The van der Waals surface area contributed by atoms with Gasteiger partial charge >= 0.3 is 0 Å². The van der Waals surface area contributed by atoms with E-state index in [1.54, 1.807) is 25.1 Å². The number of hydrogen-bond donors (Lipinski definition) is 1. The Balaban J connectivity index is 2.95. The van der Waals surface area contributed by atoms with E-state index in [-0.39, 0.29) is 12.1 Å². The molecule has 0 aliphatic heterocycles. The van der Waals surface area contributed by atoms with Gasteiger partial charge in [0.2, 0.25) is 6.29 Å². The highest BCUT2D eigenvalue weighted by Crippen LogP contribution is 2.04. The van der Waals surface area contributed by atoms with Gasteiger partial charge in [0.25, 0.3) is 5.91 Å². The lowest BCUT2D eigenvalue weighted by atomic mass is 10.2. The number of hydrogen-bond acceptors (Lipinski definition) is 4. The Morgan fingerprint density at radius 1 is 1.62 bits per heavy atom. The van der Waals surface area contributed by atoms with Crippen molar-refractivity contribution in [3.05, 3.63) is 35.7 Å². The van der Waals surface area contributed by atoms with E-state index in [1.165, 1.54) is 18.6 Å². The molecule has 0 aliphatic carbocycles. The minimum atomic E-state index is -0.789. The molecule has 16 heavy (non-hydrogen) atoms. The summed E-state index contributed by atoms with van der Waals surface area (Å²) in [5.74, 6) is -0.789. The average Bonchev–Trinajstić information content (AvgIpc) is 2.35. The van der Waals surface area contributed by atoms with Crippen molar-refractivity contribution in [2.24, 2.45) is 0 Å². The highest BCUT2D eigenvalue weighted by Gasteiger charge is 2.15. The number of rotatable bonds is 4. The van der Waals surface area contributed by atoms with Crippen LogP contribution in [0.5, 0.6) is 0 Å². The third kappa shape index (κ3) is 2.99. The maximum atomic E-state index is 11.4. The molecular weight excluding hydrogens is 208 g/mol. The zero-order chi connectivity index (χ0) is 12.0. The van der Waals surface area contributed by atoms with Gasteiger partial charge in [0, 0.05) is 12.7 Å². The largest absolute Gasteiger partial charge is 0.286 e. The van der Waals surface area contributed by atoms with Gasteiger partial charge in [-0.1, -0.05) is 6.07 Å². The summed E-state index contributed by atoms with van der Waals surface area (Å²) >= 11 is 0. The van der Waals surface area contributed by atoms with E-state index in [2.05, 4.69) is 4.98 Å². The second kappa shape index (κ2) is 5.77. The first-order valence-corrected chi connectivity index (χ1v) is 4.70. The molecule has 0 saturated carbocycles. The molecule has 0 saturated heterocycles. The molecule has 5 nitrogen and oxygen atoms in total. The molecule has 0 fully saturated rings. The van der Waals surface area contributed by atoms with Crippen molar-refractivity contribution < 1.29 is 14.8 Å². The van der Waals surface area contributed by atoms with Crippen LogP contribution in [0.1, 0.15) is 12.6 Å². The van der Waals surface area contributed by atoms with E-state index in [1.807, 2.05) is 0 Å². The van der Waals surface area contributed by atoms with E-state index >= 15 is 0 Å². The van der Waals surface area contributed by atoms with Crippen LogP contribution in [0.2, 0.25) is 0 Å². The molecule has 1 aromatic rings. The second-order valence-electron chi connectivity index (χ2n) is 2.94. The quantitative estimate of drug-likeness (QED) is 0.267. The van der Waals surface area contributed by atoms with Crippen molar-refractivity contribution in [3.63, 3.8) is 0 Å². The number of likely N-dealkylation sites (N-methyl/N-ethyl adjacent to an activating group) is 1. The van der Waals surface area contributed by atoms with Gasteiger partial charge in [-0.25, -0.2) is 5.06 Å². The lowest BCUT2D eigenvalue weighted by molar-refractivity contribution is -0.158. The summed E-state index contributed by atoms with van der Waals surface area (Å²) in [6.07, 6.45) is 4.29. The van der Waals surface area contributed by atoms with Crippen LogP contribution in [0.15, 0.2) is 30.0 Å². The Kier molecular flexibility index (Phi) is 4.35. The van der Waals surface area contributed by atoms with Crippen LogP contribution < -0.4 is 0 Å². The fourth-order valence-electron chi connectivity index (χ4n) is 1.03. The van der Waals surface area contributed by atoms with Crippen molar-refractivity contribution in [3.8, 4) is 0 Å². The van der Waals surface area contributed by atoms with Crippen LogP contribution in [-0.4, -0.2) is 34.0 Å². The number of carbonyl (C=O) groups excluding carboxylic acids is 2. The van der Waals surface area contributed by atoms with Gasteiger partial charge in [-0.3, -0.25) is 19.8 Å². The first-order chi connectivity index (χ1) is 7.69. The highest BCUT2D eigenvalue weighted by molar-refractivity contribution is 6.13. The van der Waals surface area contributed by atoms with Crippen LogP contribution in [0.3, 0.4) is 0 Å². The van der Waals surface area contributed by atoms with E-state index in [4.69, 9.17) is 5.21 Å². The Hall–Kier alpha value is -2.01. The van der Waals surface area contributed by atoms with Gasteiger partial charge in [-0.05, 0) is 25.1 Å². The minimum absolute atomic E-state index is 0.0973. The highest BCUT2D eigenvalue weighted by atomic mass is 16.5. The van der Waals surface area contributed by atoms with Crippen molar-refractivity contribution in [1.29, 1.82) is 0 Å². The summed E-state index contributed by atoms with van der Waals surface area (Å²) in [5, 5.41) is 9.59. The third-order valence-corrected chi connectivity index (χ3v) is 1.85. The third-order valence-electron chi connectivity index (χ3n) is 1.85. The smallest absolute Gasteiger partial charge is 0.281 e. The van der Waals surface area contributed by atoms with Crippen LogP contribution in [0, 0.1) is 0 Å². The molecule has 1 N–H and O–H groups in total. The molecule has 83 valence electrons. The SMILES string of the molecule is CCN(O)C(=O)C([C]=O)=Cc1ccccn1. The molecule has 1 rings (SSSR count). The van der Waals surface area contributed by atoms with Crippen molar-refractivity contribution in [2.75, 3.05) is 6.54 Å². The van der Waals surface area contributed by atoms with Gasteiger partial charge in [-0.2, -0.15) is 0 Å². The van der Waals surface area contributed by atoms with Gasteiger partial charge in [0.1, 0.15) is 0 Å². The van der Waals surface area contributed by atoms with E-state index in [9.17, 15) is 9.59 Å². The first kappa shape index (κ1) is 12.1. The van der Waals surface area contributed by atoms with Gasteiger partial charge in [0.05, 0.1) is 11.3 Å². The molecule has 0 atom stereocenters. The lowest BCUT2D eigenvalue weighted by Crippen LogP contribution is -2.28. The Bertz CT molecular complexity index is 401. The topological polar surface area (TPSA) is 70.5 Å². The normalized spacial score (nSPS) is 11.0. The maximum Gasteiger partial charge on any atom is 0.281 e. The van der Waals surface area contributed by atoms with E-state index < -0.39 is 5.91 Å². The van der Waals surface area contributed by atoms with Gasteiger partial charge in [0.15, 0.2) is 0 Å². The Labute approximate surface area is 93.0 Å². The fraction of sp³-hybridized carbons (Fsp3) is 0.182. The lowest BCUT2D eigenvalue weighted by Gasteiger charge is -2.10. The fourth-order valence-corrected chi connectivity index (χ4v) is 1.03. The molecular formula is C11H11N2O3. The number of carbonyl (C=O) groups is 1. The van der Waals surface area contributed by atoms with E-state index in [0.29, 0.717) is 10.8 Å². The predicted molar refractivity (Wildman–Crippen MR) is 57.1 cm³/mol. The predicted octanol–water partition coefficient (Wildman–Crippen LogP) is 0.812. The molecule has 0 aliphatic rings. The molecule has 1 aromatic heterocycles. The van der Waals surface area contributed by atoms with Gasteiger partial charge < -0.3 is 0 Å². The van der Waals surface area contributed by atoms with Crippen LogP contribution >= 0.6 is 0 Å². The second-order valence-corrected chi connectivity index (χ2v) is 2.94. The molecule has 0 spiro atoms. The van der Waals surface area contributed by atoms with Crippen molar-refractivity contribution in [1.82, 2.24) is 10.0 Å². The summed E-state index contributed by atoms with van der Waals surface area (Å²) in [6, 6.07) is 5.08. The van der Waals surface area contributed by atoms with Crippen LogP contribution in [0.4, 0.5) is 0 Å². The van der Waals surface area contributed by atoms with E-state index in [0.717, 1.165) is 0 Å². The standard InChI is InChI=1S/C11H11N2O3/c1-2-13(16)11(15)9(8-14)7-10-5-3-4-6-12-10/h3-7,16H,2H2,1H3. The minimum Gasteiger partial charge on any atom is -0.286 e. The van der Waals surface area contributed by atoms with Gasteiger partial charge in [-0.15, -0.1) is 0 Å². The number of nitrogens with zero attached hydrogens (tertiary/aromatic N) is 2. The Morgan fingerprint density at radius 3 is 2.88 bits per heavy atom. The monoisotopic (exact) mass is 219 g/mol. The molecule has 5 heteroatoms. The molecule has 0 bridgehead atoms. The molecule has 0 aromatic carbocycles. The summed E-state index contributed by atoms with van der Waals surface area (Å²) < 4.78 is 0. The van der Waals surface area contributed by atoms with Crippen molar-refractivity contribution in [2.45, 2.75) is 6.92 Å². The zero-order valence-corrected chi connectivity index (χ0v) is 8.75. The number of amides is 1. The molecule has 0 unspecified atom stereocenters. The first-order valence-electron chi connectivity index (χ1n) is 4.70. The molecule has 1 radical (unpaired) electrons. The number of pyridine rings is 1. The number of hydroxylamine groups is 2. The Morgan fingerprint density at radius 2 is 2.38 bits per heavy atom. The summed E-state index contributed by atoms with van der Waals surface area (Å²) in [6.45, 7) is 1.68. The maximum absolute atomic E-state index is 11.4. The van der Waals surface area contributed by atoms with Crippen molar-refractivity contribution >= 4 is 18.3 Å².